The van der Waals surface area contributed by atoms with Crippen molar-refractivity contribution in [1.82, 2.24) is 21.3 Å². The van der Waals surface area contributed by atoms with Crippen LogP contribution in [-0.4, -0.2) is 65.6 Å². The van der Waals surface area contributed by atoms with Gasteiger partial charge in [-0.05, 0) is 59.7 Å². The average Bonchev–Trinajstić information content (AvgIpc) is 4.00. The van der Waals surface area contributed by atoms with Crippen molar-refractivity contribution in [3.8, 4) is 0 Å². The highest BCUT2D eigenvalue weighted by Gasteiger charge is 2.52. The Balaban J connectivity index is 1.39. The fourth-order valence-corrected chi connectivity index (χ4v) is 8.70. The van der Waals surface area contributed by atoms with Crippen LogP contribution in [-0.2, 0) is 39.9 Å². The number of thioether (sulfide) groups is 1. The van der Waals surface area contributed by atoms with Gasteiger partial charge in [-0.15, -0.1) is 11.8 Å². The lowest BCUT2D eigenvalue weighted by molar-refractivity contribution is -0.148. The summed E-state index contributed by atoms with van der Waals surface area (Å²) in [5.41, 5.74) is 2.32. The van der Waals surface area contributed by atoms with Gasteiger partial charge in [0.1, 0.15) is 30.3 Å². The van der Waals surface area contributed by atoms with Gasteiger partial charge in [0.15, 0.2) is 0 Å². The van der Waals surface area contributed by atoms with Gasteiger partial charge in [0.05, 0.1) is 11.2 Å². The molecule has 0 unspecified atom stereocenters. The second-order valence-corrected chi connectivity index (χ2v) is 16.0. The molecule has 1 heterocycles. The summed E-state index contributed by atoms with van der Waals surface area (Å²) in [4.78, 5) is 69.1. The monoisotopic (exact) mass is 806 g/mol. The SMILES string of the molecule is CCC/C=C/[C@@H]1CC(=O)N[C@H](Cc2cccc(Cl)c2)C(=O)N[C@H](CSC(c2ccccc2)(c2ccccc2)c2ccccc2)C(=O)NC2(CC2)C(=O)NCC(=O)O1. The summed E-state index contributed by atoms with van der Waals surface area (Å²) >= 11 is 7.80. The molecule has 4 amide bonds. The van der Waals surface area contributed by atoms with Crippen LogP contribution >= 0.6 is 23.4 Å². The number of rotatable bonds is 11. The standard InChI is InChI=1S/C45H47ClN4O6S/c1-2-3-7-23-36-28-39(51)48-37(27-31-15-14-22-35(46)26-31)41(53)49-38(42(54)50-44(24-25-44)43(55)47-29-40(52)56-36)30-57-45(32-16-8-4-9-17-32,33-18-10-5-11-19-33)34-20-12-6-13-21-34/h4-23,26,36-38H,2-3,24-25,27-30H2,1H3,(H,47,55)(H,48,51)(H,49,53)(H,50,54)/b23-7+/t36-,37-,38-/m1/s1. The molecule has 1 spiro atoms. The Morgan fingerprint density at radius 2 is 1.40 bits per heavy atom. The number of nitrogens with one attached hydrogen (secondary N) is 4. The maximum atomic E-state index is 14.5. The summed E-state index contributed by atoms with van der Waals surface area (Å²) in [6.45, 7) is 1.55. The molecule has 57 heavy (non-hydrogen) atoms. The average molecular weight is 807 g/mol. The van der Waals surface area contributed by atoms with E-state index in [9.17, 15) is 24.0 Å². The molecule has 4 N–H and O–H groups in total. The Morgan fingerprint density at radius 3 is 1.96 bits per heavy atom. The topological polar surface area (TPSA) is 143 Å². The predicted octanol–water partition coefficient (Wildman–Crippen LogP) is 6.01. The second-order valence-electron chi connectivity index (χ2n) is 14.3. The number of cyclic esters (lactones) is 1. The number of ether oxygens (including phenoxy) is 1. The quantitative estimate of drug-likeness (QED) is 0.0826. The first-order valence-corrected chi connectivity index (χ1v) is 20.6. The lowest BCUT2D eigenvalue weighted by Crippen LogP contribution is -2.59. The first-order chi connectivity index (χ1) is 27.6. The van der Waals surface area contributed by atoms with Crippen LogP contribution in [0.5, 0.6) is 0 Å². The summed E-state index contributed by atoms with van der Waals surface area (Å²) in [7, 11) is 0. The molecule has 4 aromatic rings. The van der Waals surface area contributed by atoms with Crippen molar-refractivity contribution < 1.29 is 28.7 Å². The van der Waals surface area contributed by atoms with Gasteiger partial charge < -0.3 is 26.0 Å². The van der Waals surface area contributed by atoms with Crippen LogP contribution in [0.25, 0.3) is 0 Å². The van der Waals surface area contributed by atoms with Gasteiger partial charge in [-0.3, -0.25) is 24.0 Å². The van der Waals surface area contributed by atoms with E-state index in [1.54, 1.807) is 30.3 Å². The molecule has 1 aliphatic heterocycles. The van der Waals surface area contributed by atoms with Gasteiger partial charge in [-0.25, -0.2) is 0 Å². The number of esters is 1. The van der Waals surface area contributed by atoms with Crippen molar-refractivity contribution in [1.29, 1.82) is 0 Å². The number of hydrogen-bond acceptors (Lipinski definition) is 7. The predicted molar refractivity (Wildman–Crippen MR) is 222 cm³/mol. The first-order valence-electron chi connectivity index (χ1n) is 19.2. The van der Waals surface area contributed by atoms with Gasteiger partial charge >= 0.3 is 5.97 Å². The van der Waals surface area contributed by atoms with Crippen LogP contribution in [0.2, 0.25) is 5.02 Å². The Kier molecular flexibility index (Phi) is 13.9. The fourth-order valence-electron chi connectivity index (χ4n) is 6.93. The van der Waals surface area contributed by atoms with Crippen LogP contribution in [0.1, 0.15) is 61.3 Å². The maximum absolute atomic E-state index is 14.5. The number of carbonyl (C=O) groups is 5. The Hall–Kier alpha value is -5.39. The minimum Gasteiger partial charge on any atom is -0.456 e. The van der Waals surface area contributed by atoms with E-state index in [1.807, 2.05) is 104 Å². The van der Waals surface area contributed by atoms with E-state index in [0.717, 1.165) is 23.1 Å². The van der Waals surface area contributed by atoms with E-state index in [-0.39, 0.29) is 18.6 Å². The normalized spacial score (nSPS) is 20.6. The molecule has 12 heteroatoms. The zero-order valence-electron chi connectivity index (χ0n) is 31.7. The molecule has 1 saturated carbocycles. The summed E-state index contributed by atoms with van der Waals surface area (Å²) in [5.74, 6) is -2.92. The van der Waals surface area contributed by atoms with Crippen LogP contribution in [0.3, 0.4) is 0 Å². The number of benzene rings is 4. The third-order valence-electron chi connectivity index (χ3n) is 10.0. The molecule has 2 aliphatic rings. The summed E-state index contributed by atoms with van der Waals surface area (Å²) in [6.07, 6.45) is 4.58. The van der Waals surface area contributed by atoms with Crippen molar-refractivity contribution in [2.24, 2.45) is 0 Å². The van der Waals surface area contributed by atoms with Gasteiger partial charge in [0.25, 0.3) is 0 Å². The first kappa shape index (κ1) is 41.2. The molecule has 2 fully saturated rings. The number of unbranched alkanes of at least 4 members (excludes halogenated alkanes) is 1. The molecule has 0 aromatic heterocycles. The molecule has 6 rings (SSSR count). The third kappa shape index (κ3) is 10.5. The summed E-state index contributed by atoms with van der Waals surface area (Å²) < 4.78 is 4.78. The smallest absolute Gasteiger partial charge is 0.326 e. The highest BCUT2D eigenvalue weighted by molar-refractivity contribution is 8.00. The largest absolute Gasteiger partial charge is 0.456 e. The van der Waals surface area contributed by atoms with Crippen LogP contribution in [0.4, 0.5) is 0 Å². The van der Waals surface area contributed by atoms with Gasteiger partial charge in [-0.2, -0.15) is 0 Å². The Morgan fingerprint density at radius 1 is 0.789 bits per heavy atom. The molecule has 1 saturated heterocycles. The van der Waals surface area contributed by atoms with Gasteiger partial charge in [0.2, 0.25) is 23.6 Å². The van der Waals surface area contributed by atoms with Gasteiger partial charge in [0, 0.05) is 17.2 Å². The summed E-state index contributed by atoms with van der Waals surface area (Å²) in [6, 6.07) is 34.6. The van der Waals surface area contributed by atoms with E-state index < -0.39 is 64.6 Å². The fraction of sp³-hybridized carbons (Fsp3) is 0.311. The second kappa shape index (κ2) is 19.2. The maximum Gasteiger partial charge on any atom is 0.326 e. The van der Waals surface area contributed by atoms with Crippen molar-refractivity contribution in [3.63, 3.8) is 0 Å². The number of halogens is 1. The zero-order valence-corrected chi connectivity index (χ0v) is 33.3. The molecular weight excluding hydrogens is 760 g/mol. The van der Waals surface area contributed by atoms with Gasteiger partial charge in [-0.1, -0.05) is 134 Å². The third-order valence-corrected chi connectivity index (χ3v) is 11.9. The number of carbonyl (C=O) groups excluding carboxylic acids is 5. The number of amides is 4. The van der Waals surface area contributed by atoms with Crippen LogP contribution < -0.4 is 21.3 Å². The Labute approximate surface area is 342 Å². The van der Waals surface area contributed by atoms with Crippen molar-refractivity contribution in [2.75, 3.05) is 12.3 Å². The van der Waals surface area contributed by atoms with E-state index in [2.05, 4.69) is 21.3 Å². The van der Waals surface area contributed by atoms with Crippen LogP contribution in [0, 0.1) is 0 Å². The van der Waals surface area contributed by atoms with Crippen LogP contribution in [0.15, 0.2) is 127 Å². The highest BCUT2D eigenvalue weighted by atomic mass is 35.5. The minimum atomic E-state index is -1.26. The molecule has 4 aromatic carbocycles. The molecule has 0 radical (unpaired) electrons. The molecule has 1 aliphatic carbocycles. The van der Waals surface area contributed by atoms with E-state index in [4.69, 9.17) is 16.3 Å². The van der Waals surface area contributed by atoms with E-state index >= 15 is 0 Å². The number of hydrogen-bond donors (Lipinski definition) is 4. The Bertz CT molecular complexity index is 1970. The molecule has 296 valence electrons. The summed E-state index contributed by atoms with van der Waals surface area (Å²) in [5, 5.41) is 11.8. The van der Waals surface area contributed by atoms with Crippen molar-refractivity contribution in [3.05, 3.63) is 155 Å². The van der Waals surface area contributed by atoms with E-state index in [1.165, 1.54) is 11.8 Å². The molecular formula is C45H47ClN4O6S. The molecule has 0 bridgehead atoms. The molecule has 10 nitrogen and oxygen atoms in total. The van der Waals surface area contributed by atoms with E-state index in [0.29, 0.717) is 29.8 Å². The highest BCUT2D eigenvalue weighted by Crippen LogP contribution is 2.48. The lowest BCUT2D eigenvalue weighted by atomic mass is 9.84. The molecule has 3 atom stereocenters. The lowest BCUT2D eigenvalue weighted by Gasteiger charge is -2.37. The number of allylic oxidation sites excluding steroid dienone is 1. The minimum absolute atomic E-state index is 0.0596. The van der Waals surface area contributed by atoms with Crippen molar-refractivity contribution >= 4 is 53.0 Å². The zero-order chi connectivity index (χ0) is 40.3. The van der Waals surface area contributed by atoms with Crippen molar-refractivity contribution in [2.45, 2.75) is 73.9 Å².